The van der Waals surface area contributed by atoms with Crippen molar-refractivity contribution in [2.75, 3.05) is 5.32 Å². The van der Waals surface area contributed by atoms with Gasteiger partial charge in [-0.3, -0.25) is 4.79 Å². The monoisotopic (exact) mass is 359 g/mol. The fourth-order valence-electron chi connectivity index (χ4n) is 2.61. The van der Waals surface area contributed by atoms with Crippen LogP contribution in [0.15, 0.2) is 22.7 Å². The second kappa shape index (κ2) is 6.14. The second-order valence-electron chi connectivity index (χ2n) is 6.03. The van der Waals surface area contributed by atoms with Gasteiger partial charge in [-0.05, 0) is 44.9 Å². The largest absolute Gasteiger partial charge is 0.339 e. The number of carbonyl (C=O) groups is 1. The van der Waals surface area contributed by atoms with Gasteiger partial charge in [-0.1, -0.05) is 11.6 Å². The number of nitrogens with one attached hydrogen (secondary N) is 1. The lowest BCUT2D eigenvalue weighted by Crippen LogP contribution is -2.09. The van der Waals surface area contributed by atoms with E-state index in [2.05, 4.69) is 15.5 Å². The highest BCUT2D eigenvalue weighted by molar-refractivity contribution is 7.16. The van der Waals surface area contributed by atoms with Crippen molar-refractivity contribution < 1.29 is 9.32 Å². The van der Waals surface area contributed by atoms with Gasteiger partial charge in [-0.25, -0.2) is 0 Å². The minimum atomic E-state index is -0.0798. The highest BCUT2D eigenvalue weighted by Gasteiger charge is 2.26. The van der Waals surface area contributed by atoms with Crippen LogP contribution in [0, 0.1) is 13.8 Å². The van der Waals surface area contributed by atoms with E-state index in [1.54, 1.807) is 11.3 Å². The molecule has 124 valence electrons. The van der Waals surface area contributed by atoms with E-state index in [9.17, 15) is 4.79 Å². The summed E-state index contributed by atoms with van der Waals surface area (Å²) in [5.41, 5.74) is 0.807. The number of amides is 1. The molecule has 1 saturated carbocycles. The van der Waals surface area contributed by atoms with E-state index in [0.717, 1.165) is 39.1 Å². The maximum Gasteiger partial charge on any atom is 0.265 e. The molecular weight excluding hydrogens is 342 g/mol. The molecular formula is C17H17N3O2S2. The Balaban J connectivity index is 1.53. The first-order valence-electron chi connectivity index (χ1n) is 7.92. The van der Waals surface area contributed by atoms with Crippen LogP contribution in [0.2, 0.25) is 0 Å². The van der Waals surface area contributed by atoms with Crippen LogP contribution in [0.25, 0.3) is 10.7 Å². The predicted octanol–water partition coefficient (Wildman–Crippen LogP) is 5.00. The van der Waals surface area contributed by atoms with Crippen molar-refractivity contribution in [2.45, 2.75) is 39.0 Å². The third-order valence-corrected chi connectivity index (χ3v) is 6.29. The molecule has 1 aliphatic carbocycles. The van der Waals surface area contributed by atoms with Gasteiger partial charge in [0.25, 0.3) is 5.91 Å². The molecule has 1 amide bonds. The lowest BCUT2D eigenvalue weighted by Gasteiger charge is -2.20. The molecule has 0 radical (unpaired) electrons. The number of rotatable bonds is 4. The first-order chi connectivity index (χ1) is 11.6. The molecule has 1 aliphatic rings. The molecule has 1 N–H and O–H groups in total. The molecule has 0 saturated heterocycles. The first kappa shape index (κ1) is 15.5. The molecule has 0 unspecified atom stereocenters. The van der Waals surface area contributed by atoms with Crippen LogP contribution in [0.4, 0.5) is 5.69 Å². The van der Waals surface area contributed by atoms with Crippen molar-refractivity contribution in [1.29, 1.82) is 0 Å². The molecule has 0 atom stereocenters. The summed E-state index contributed by atoms with van der Waals surface area (Å²) < 4.78 is 5.39. The molecule has 3 heterocycles. The zero-order valence-electron chi connectivity index (χ0n) is 13.5. The average Bonchev–Trinajstić information content (AvgIpc) is 3.19. The maximum atomic E-state index is 12.3. The van der Waals surface area contributed by atoms with Crippen molar-refractivity contribution in [3.63, 3.8) is 0 Å². The molecule has 0 aliphatic heterocycles. The Bertz CT molecular complexity index is 889. The summed E-state index contributed by atoms with van der Waals surface area (Å²) in [7, 11) is 0. The van der Waals surface area contributed by atoms with E-state index in [-0.39, 0.29) is 5.91 Å². The van der Waals surface area contributed by atoms with Crippen molar-refractivity contribution in [3.8, 4) is 10.7 Å². The Hall–Kier alpha value is -1.99. The summed E-state index contributed by atoms with van der Waals surface area (Å²) in [4.78, 5) is 20.6. The van der Waals surface area contributed by atoms with Gasteiger partial charge in [0.15, 0.2) is 0 Å². The molecule has 7 heteroatoms. The van der Waals surface area contributed by atoms with Gasteiger partial charge < -0.3 is 9.84 Å². The lowest BCUT2D eigenvalue weighted by atomic mass is 9.85. The van der Waals surface area contributed by atoms with Gasteiger partial charge in [0.2, 0.25) is 11.7 Å². The van der Waals surface area contributed by atoms with E-state index < -0.39 is 0 Å². The number of anilines is 1. The summed E-state index contributed by atoms with van der Waals surface area (Å²) in [6.07, 6.45) is 3.50. The van der Waals surface area contributed by atoms with Crippen LogP contribution in [0.1, 0.15) is 50.5 Å². The SMILES string of the molecule is Cc1ccc(C(=O)Nc2cc(-c3noc(C4CCC4)n3)sc2C)s1. The molecule has 24 heavy (non-hydrogen) atoms. The Labute approximate surface area is 147 Å². The first-order valence-corrected chi connectivity index (χ1v) is 9.55. The zero-order chi connectivity index (χ0) is 16.7. The smallest absolute Gasteiger partial charge is 0.265 e. The predicted molar refractivity (Wildman–Crippen MR) is 95.9 cm³/mol. The zero-order valence-corrected chi connectivity index (χ0v) is 15.1. The Morgan fingerprint density at radius 1 is 1.29 bits per heavy atom. The van der Waals surface area contributed by atoms with Crippen LogP contribution in [0.5, 0.6) is 0 Å². The summed E-state index contributed by atoms with van der Waals surface area (Å²) in [6, 6.07) is 5.72. The van der Waals surface area contributed by atoms with E-state index in [4.69, 9.17) is 4.52 Å². The van der Waals surface area contributed by atoms with Crippen molar-refractivity contribution in [1.82, 2.24) is 10.1 Å². The lowest BCUT2D eigenvalue weighted by molar-refractivity contribution is 0.103. The van der Waals surface area contributed by atoms with E-state index in [0.29, 0.717) is 16.6 Å². The Morgan fingerprint density at radius 3 is 2.79 bits per heavy atom. The van der Waals surface area contributed by atoms with Crippen LogP contribution in [0.3, 0.4) is 0 Å². The summed E-state index contributed by atoms with van der Waals surface area (Å²) in [6.45, 7) is 3.97. The summed E-state index contributed by atoms with van der Waals surface area (Å²) >= 11 is 3.06. The number of carbonyl (C=O) groups excluding carboxylic acids is 1. The minimum Gasteiger partial charge on any atom is -0.339 e. The number of hydrogen-bond donors (Lipinski definition) is 1. The topological polar surface area (TPSA) is 68.0 Å². The number of aryl methyl sites for hydroxylation is 2. The van der Waals surface area contributed by atoms with E-state index in [1.165, 1.54) is 17.8 Å². The maximum absolute atomic E-state index is 12.3. The fraction of sp³-hybridized carbons (Fsp3) is 0.353. The molecule has 0 aromatic carbocycles. The van der Waals surface area contributed by atoms with Gasteiger partial charge in [-0.2, -0.15) is 4.98 Å². The van der Waals surface area contributed by atoms with Crippen molar-refractivity contribution in [2.24, 2.45) is 0 Å². The standard InChI is InChI=1S/C17H17N3O2S2/c1-9-6-7-13(23-9)16(21)18-12-8-14(24-10(12)2)15-19-17(22-20-15)11-4-3-5-11/h6-8,11H,3-5H2,1-2H3,(H,18,21). The van der Waals surface area contributed by atoms with Crippen molar-refractivity contribution >= 4 is 34.3 Å². The van der Waals surface area contributed by atoms with E-state index >= 15 is 0 Å². The van der Waals surface area contributed by atoms with Crippen molar-refractivity contribution in [3.05, 3.63) is 38.7 Å². The van der Waals surface area contributed by atoms with E-state index in [1.807, 2.05) is 32.0 Å². The van der Waals surface area contributed by atoms with Crippen LogP contribution in [-0.2, 0) is 0 Å². The van der Waals surface area contributed by atoms with Gasteiger partial charge in [0.1, 0.15) is 0 Å². The number of hydrogen-bond acceptors (Lipinski definition) is 6. The normalized spacial score (nSPS) is 14.6. The van der Waals surface area contributed by atoms with Crippen LogP contribution >= 0.6 is 22.7 Å². The number of thiophene rings is 2. The Morgan fingerprint density at radius 2 is 2.12 bits per heavy atom. The molecule has 3 aromatic rings. The average molecular weight is 359 g/mol. The Kier molecular flexibility index (Phi) is 3.97. The summed E-state index contributed by atoms with van der Waals surface area (Å²) in [5, 5.41) is 7.08. The number of aromatic nitrogens is 2. The molecule has 3 aromatic heterocycles. The molecule has 4 rings (SSSR count). The number of nitrogens with zero attached hydrogens (tertiary/aromatic N) is 2. The van der Waals surface area contributed by atoms with Gasteiger partial charge >= 0.3 is 0 Å². The third kappa shape index (κ3) is 2.89. The summed E-state index contributed by atoms with van der Waals surface area (Å²) in [5.74, 6) is 1.69. The molecule has 1 fully saturated rings. The van der Waals surface area contributed by atoms with Crippen LogP contribution < -0.4 is 5.32 Å². The highest BCUT2D eigenvalue weighted by atomic mass is 32.1. The molecule has 0 spiro atoms. The van der Waals surface area contributed by atoms with Gasteiger partial charge in [0, 0.05) is 15.7 Å². The quantitative estimate of drug-likeness (QED) is 0.712. The molecule has 0 bridgehead atoms. The molecule has 5 nitrogen and oxygen atoms in total. The van der Waals surface area contributed by atoms with Gasteiger partial charge in [0.05, 0.1) is 15.4 Å². The minimum absolute atomic E-state index is 0.0798. The fourth-order valence-corrected chi connectivity index (χ4v) is 4.28. The third-order valence-electron chi connectivity index (χ3n) is 4.25. The second-order valence-corrected chi connectivity index (χ2v) is 8.57. The van der Waals surface area contributed by atoms with Crippen LogP contribution in [-0.4, -0.2) is 16.0 Å². The van der Waals surface area contributed by atoms with Gasteiger partial charge in [-0.15, -0.1) is 22.7 Å². The highest BCUT2D eigenvalue weighted by Crippen LogP contribution is 2.38.